The molecule has 1 saturated heterocycles. The van der Waals surface area contributed by atoms with E-state index in [1.54, 1.807) is 0 Å². The number of alkyl halides is 5. The Hall–Kier alpha value is -0.650. The molecule has 0 saturated carbocycles. The summed E-state index contributed by atoms with van der Waals surface area (Å²) >= 11 is 0. The topological polar surface area (TPSA) is 3.24 Å². The van der Waals surface area contributed by atoms with Crippen molar-refractivity contribution < 1.29 is 22.0 Å². The van der Waals surface area contributed by atoms with Crippen molar-refractivity contribution in [1.29, 1.82) is 0 Å². The van der Waals surface area contributed by atoms with Crippen LogP contribution < -0.4 is 0 Å². The minimum Gasteiger partial charge on any atom is -0.242 e. The highest BCUT2D eigenvalue weighted by Gasteiger charge is 2.57. The summed E-state index contributed by atoms with van der Waals surface area (Å²) in [6, 6.07) is -4.11. The molecule has 0 radical (unpaired) electrons. The maximum Gasteiger partial charge on any atom is 0.342 e. The van der Waals surface area contributed by atoms with E-state index in [-0.39, 0.29) is 19.2 Å². The first-order valence-electron chi connectivity index (χ1n) is 5.11. The monoisotopic (exact) mass is 243 g/mol. The van der Waals surface area contributed by atoms with Gasteiger partial charge in [0.2, 0.25) is 6.17 Å². The van der Waals surface area contributed by atoms with Crippen molar-refractivity contribution in [3.05, 3.63) is 12.2 Å². The van der Waals surface area contributed by atoms with E-state index < -0.39 is 18.1 Å². The van der Waals surface area contributed by atoms with Crippen LogP contribution in [-0.4, -0.2) is 36.1 Å². The predicted octanol–water partition coefficient (Wildman–Crippen LogP) is 3.22. The fourth-order valence-electron chi connectivity index (χ4n) is 1.71. The van der Waals surface area contributed by atoms with E-state index in [4.69, 9.17) is 0 Å². The highest BCUT2D eigenvalue weighted by molar-refractivity contribution is 5.02. The van der Waals surface area contributed by atoms with E-state index in [9.17, 15) is 22.0 Å². The molecule has 1 aliphatic rings. The fraction of sp³-hybridized carbons (Fsp3) is 0.800. The molecular formula is C10H14F5N. The van der Waals surface area contributed by atoms with Gasteiger partial charge in [0, 0.05) is 13.1 Å². The molecule has 0 N–H and O–H groups in total. The van der Waals surface area contributed by atoms with Crippen LogP contribution in [0.2, 0.25) is 0 Å². The van der Waals surface area contributed by atoms with Gasteiger partial charge in [-0.15, -0.1) is 0 Å². The van der Waals surface area contributed by atoms with E-state index >= 15 is 0 Å². The van der Waals surface area contributed by atoms with Gasteiger partial charge in [-0.25, -0.2) is 9.29 Å². The summed E-state index contributed by atoms with van der Waals surface area (Å²) in [6.45, 7) is 1.15. The van der Waals surface area contributed by atoms with Gasteiger partial charge >= 0.3 is 12.0 Å². The van der Waals surface area contributed by atoms with Crippen LogP contribution in [0.3, 0.4) is 0 Å². The van der Waals surface area contributed by atoms with Crippen molar-refractivity contribution in [2.24, 2.45) is 0 Å². The highest BCUT2D eigenvalue weighted by atomic mass is 19.3. The first kappa shape index (κ1) is 13.4. The van der Waals surface area contributed by atoms with Crippen LogP contribution in [0.4, 0.5) is 22.0 Å². The van der Waals surface area contributed by atoms with Crippen molar-refractivity contribution in [2.75, 3.05) is 13.1 Å². The quantitative estimate of drug-likeness (QED) is 0.416. The number of allylic oxidation sites excluding steroid dienone is 2. The Kier molecular flexibility index (Phi) is 3.93. The van der Waals surface area contributed by atoms with E-state index in [0.717, 1.165) is 6.08 Å². The first-order chi connectivity index (χ1) is 7.32. The van der Waals surface area contributed by atoms with Crippen molar-refractivity contribution >= 4 is 0 Å². The zero-order valence-corrected chi connectivity index (χ0v) is 8.90. The van der Waals surface area contributed by atoms with Crippen molar-refractivity contribution in [2.45, 2.75) is 37.9 Å². The molecule has 0 spiro atoms. The normalized spacial score (nSPS) is 21.9. The second-order valence-electron chi connectivity index (χ2n) is 3.82. The third-order valence-electron chi connectivity index (χ3n) is 2.56. The Balaban J connectivity index is 2.81. The lowest BCUT2D eigenvalue weighted by molar-refractivity contribution is -0.231. The molecule has 1 fully saturated rings. The zero-order valence-electron chi connectivity index (χ0n) is 8.90. The number of likely N-dealkylation sites (tertiary alicyclic amines) is 1. The molecule has 1 unspecified atom stereocenters. The molecule has 0 aromatic rings. The SMILES string of the molecule is C/C=C\C(F)(F)C(F)C(F)(F)N1CCCC1. The summed E-state index contributed by atoms with van der Waals surface area (Å²) in [5.41, 5.74) is 0. The van der Waals surface area contributed by atoms with Crippen LogP contribution in [0.5, 0.6) is 0 Å². The average molecular weight is 243 g/mol. The lowest BCUT2D eigenvalue weighted by Gasteiger charge is -2.32. The van der Waals surface area contributed by atoms with Crippen LogP contribution in [0, 0.1) is 0 Å². The number of rotatable bonds is 4. The third kappa shape index (κ3) is 2.53. The Morgan fingerprint density at radius 1 is 1.12 bits per heavy atom. The molecule has 0 aromatic heterocycles. The minimum atomic E-state index is -4.14. The Labute approximate surface area is 90.9 Å². The summed E-state index contributed by atoms with van der Waals surface area (Å²) in [5, 5.41) is 0. The van der Waals surface area contributed by atoms with Gasteiger partial charge in [0.05, 0.1) is 0 Å². The van der Waals surface area contributed by atoms with Crippen LogP contribution >= 0.6 is 0 Å². The molecule has 16 heavy (non-hydrogen) atoms. The van der Waals surface area contributed by atoms with E-state index in [2.05, 4.69) is 0 Å². The smallest absolute Gasteiger partial charge is 0.242 e. The molecule has 0 aromatic carbocycles. The lowest BCUT2D eigenvalue weighted by Crippen LogP contribution is -2.53. The molecule has 0 aliphatic carbocycles. The van der Waals surface area contributed by atoms with Crippen molar-refractivity contribution in [3.8, 4) is 0 Å². The van der Waals surface area contributed by atoms with Gasteiger partial charge in [-0.3, -0.25) is 0 Å². The van der Waals surface area contributed by atoms with E-state index in [0.29, 0.717) is 17.7 Å². The largest absolute Gasteiger partial charge is 0.342 e. The molecule has 1 nitrogen and oxygen atoms in total. The molecular weight excluding hydrogens is 229 g/mol. The minimum absolute atomic E-state index is 0.0423. The Morgan fingerprint density at radius 3 is 2.06 bits per heavy atom. The highest BCUT2D eigenvalue weighted by Crippen LogP contribution is 2.38. The van der Waals surface area contributed by atoms with Gasteiger partial charge in [-0.2, -0.15) is 17.6 Å². The summed E-state index contributed by atoms with van der Waals surface area (Å²) < 4.78 is 66.0. The molecule has 1 aliphatic heterocycles. The summed E-state index contributed by atoms with van der Waals surface area (Å²) in [6.07, 6.45) is -1.50. The van der Waals surface area contributed by atoms with Crippen molar-refractivity contribution in [3.63, 3.8) is 0 Å². The zero-order chi connectivity index (χ0) is 12.4. The Morgan fingerprint density at radius 2 is 1.62 bits per heavy atom. The first-order valence-corrected chi connectivity index (χ1v) is 5.11. The molecule has 1 rings (SSSR count). The van der Waals surface area contributed by atoms with Gasteiger partial charge in [0.1, 0.15) is 0 Å². The van der Waals surface area contributed by atoms with Crippen LogP contribution in [0.15, 0.2) is 12.2 Å². The molecule has 1 heterocycles. The van der Waals surface area contributed by atoms with Gasteiger partial charge < -0.3 is 0 Å². The summed E-state index contributed by atoms with van der Waals surface area (Å²) in [4.78, 5) is 0.481. The molecule has 94 valence electrons. The van der Waals surface area contributed by atoms with Gasteiger partial charge in [0.25, 0.3) is 0 Å². The van der Waals surface area contributed by atoms with Crippen LogP contribution in [0.1, 0.15) is 19.8 Å². The van der Waals surface area contributed by atoms with Gasteiger partial charge in [-0.1, -0.05) is 6.08 Å². The third-order valence-corrected chi connectivity index (χ3v) is 2.56. The maximum absolute atomic E-state index is 13.4. The van der Waals surface area contributed by atoms with Gasteiger partial charge in [0.15, 0.2) is 0 Å². The molecule has 6 heteroatoms. The maximum atomic E-state index is 13.4. The lowest BCUT2D eigenvalue weighted by atomic mass is 10.1. The number of hydrogen-bond donors (Lipinski definition) is 0. The fourth-order valence-corrected chi connectivity index (χ4v) is 1.71. The molecule has 1 atom stereocenters. The van der Waals surface area contributed by atoms with E-state index in [1.807, 2.05) is 0 Å². The molecule has 0 amide bonds. The van der Waals surface area contributed by atoms with Crippen LogP contribution in [0.25, 0.3) is 0 Å². The standard InChI is InChI=1S/C10H14F5N/c1-2-5-9(12,13)8(11)10(14,15)16-6-3-4-7-16/h2,5,8H,3-4,6-7H2,1H3/b5-2-. The van der Waals surface area contributed by atoms with Crippen LogP contribution in [-0.2, 0) is 0 Å². The second-order valence-corrected chi connectivity index (χ2v) is 3.82. The van der Waals surface area contributed by atoms with Crippen molar-refractivity contribution in [1.82, 2.24) is 4.90 Å². The molecule has 0 bridgehead atoms. The number of nitrogens with zero attached hydrogens (tertiary/aromatic N) is 1. The number of hydrogen-bond acceptors (Lipinski definition) is 1. The Bertz CT molecular complexity index is 258. The summed E-state index contributed by atoms with van der Waals surface area (Å²) in [5.74, 6) is -4.14. The van der Waals surface area contributed by atoms with Gasteiger partial charge in [-0.05, 0) is 25.8 Å². The average Bonchev–Trinajstić information content (AvgIpc) is 2.69. The number of halogens is 5. The predicted molar refractivity (Wildman–Crippen MR) is 50.4 cm³/mol. The van der Waals surface area contributed by atoms with E-state index in [1.165, 1.54) is 6.92 Å². The summed E-state index contributed by atoms with van der Waals surface area (Å²) in [7, 11) is 0. The second kappa shape index (κ2) is 4.69.